The van der Waals surface area contributed by atoms with Gasteiger partial charge >= 0.3 is 5.97 Å². The highest BCUT2D eigenvalue weighted by Crippen LogP contribution is 2.24. The number of nitrogens with one attached hydrogen (secondary N) is 1. The van der Waals surface area contributed by atoms with Crippen molar-refractivity contribution < 1.29 is 22.7 Å². The normalized spacial score (nSPS) is 10.9. The molecule has 0 unspecified atom stereocenters. The molecule has 0 heterocycles. The molecule has 6 nitrogen and oxygen atoms in total. The molecule has 144 valence electrons. The largest absolute Gasteiger partial charge is 0.465 e. The first-order valence-electron chi connectivity index (χ1n) is 8.44. The van der Waals surface area contributed by atoms with Gasteiger partial charge in [-0.25, -0.2) is 13.2 Å². The summed E-state index contributed by atoms with van der Waals surface area (Å²) in [6, 6.07) is 20.1. The third-order valence-electron chi connectivity index (χ3n) is 4.01. The Morgan fingerprint density at radius 1 is 0.893 bits per heavy atom. The molecule has 0 radical (unpaired) electrons. The van der Waals surface area contributed by atoms with Gasteiger partial charge in [-0.15, -0.1) is 0 Å². The van der Waals surface area contributed by atoms with Crippen LogP contribution < -0.4 is 9.46 Å². The summed E-state index contributed by atoms with van der Waals surface area (Å²) in [4.78, 5) is 11.8. The molecule has 3 aromatic rings. The van der Waals surface area contributed by atoms with E-state index in [2.05, 4.69) is 4.72 Å². The molecule has 0 atom stereocenters. The highest BCUT2D eigenvalue weighted by Gasteiger charge is 2.18. The third kappa shape index (κ3) is 4.50. The minimum absolute atomic E-state index is 0.0249. The van der Waals surface area contributed by atoms with Gasteiger partial charge in [-0.1, -0.05) is 24.3 Å². The van der Waals surface area contributed by atoms with Crippen molar-refractivity contribution in [2.24, 2.45) is 0 Å². The zero-order chi connectivity index (χ0) is 20.1. The Bertz CT molecular complexity index is 1080. The molecule has 0 bridgehead atoms. The van der Waals surface area contributed by atoms with Gasteiger partial charge in [0.25, 0.3) is 10.0 Å². The highest BCUT2D eigenvalue weighted by atomic mass is 32.2. The van der Waals surface area contributed by atoms with Crippen LogP contribution in [-0.4, -0.2) is 21.5 Å². The van der Waals surface area contributed by atoms with Gasteiger partial charge in [-0.3, -0.25) is 4.72 Å². The fourth-order valence-electron chi connectivity index (χ4n) is 2.53. The van der Waals surface area contributed by atoms with E-state index < -0.39 is 16.0 Å². The number of para-hydroxylation sites is 1. The lowest BCUT2D eigenvalue weighted by atomic mass is 10.1. The van der Waals surface area contributed by atoms with Crippen molar-refractivity contribution in [3.8, 4) is 11.5 Å². The molecular formula is C21H19NO5S. The molecule has 7 heteroatoms. The summed E-state index contributed by atoms with van der Waals surface area (Å²) < 4.78 is 38.2. The maximum Gasteiger partial charge on any atom is 0.338 e. The van der Waals surface area contributed by atoms with E-state index in [0.717, 1.165) is 0 Å². The van der Waals surface area contributed by atoms with Crippen molar-refractivity contribution in [2.75, 3.05) is 11.8 Å². The van der Waals surface area contributed by atoms with Crippen LogP contribution in [0.2, 0.25) is 0 Å². The quantitative estimate of drug-likeness (QED) is 0.625. The first-order valence-corrected chi connectivity index (χ1v) is 9.92. The minimum Gasteiger partial charge on any atom is -0.465 e. The molecule has 28 heavy (non-hydrogen) atoms. The lowest BCUT2D eigenvalue weighted by Gasteiger charge is -2.11. The highest BCUT2D eigenvalue weighted by molar-refractivity contribution is 7.92. The second-order valence-electron chi connectivity index (χ2n) is 6.01. The summed E-state index contributed by atoms with van der Waals surface area (Å²) in [5.74, 6) is 0.681. The van der Waals surface area contributed by atoms with Crippen molar-refractivity contribution in [3.05, 3.63) is 83.9 Å². The molecule has 3 aromatic carbocycles. The van der Waals surface area contributed by atoms with Crippen LogP contribution >= 0.6 is 0 Å². The first-order chi connectivity index (χ1) is 13.4. The number of aryl methyl sites for hydroxylation is 1. The van der Waals surface area contributed by atoms with Crippen molar-refractivity contribution in [1.29, 1.82) is 0 Å². The molecule has 1 N–H and O–H groups in total. The Kier molecular flexibility index (Phi) is 5.65. The van der Waals surface area contributed by atoms with Crippen LogP contribution in [0.3, 0.4) is 0 Å². The van der Waals surface area contributed by atoms with E-state index in [0.29, 0.717) is 22.7 Å². The Hall–Kier alpha value is -3.32. The van der Waals surface area contributed by atoms with Crippen molar-refractivity contribution in [2.45, 2.75) is 11.8 Å². The van der Waals surface area contributed by atoms with E-state index in [1.54, 1.807) is 37.3 Å². The average Bonchev–Trinajstić information content (AvgIpc) is 2.69. The van der Waals surface area contributed by atoms with Crippen molar-refractivity contribution >= 4 is 21.7 Å². The van der Waals surface area contributed by atoms with Gasteiger partial charge in [0.1, 0.15) is 11.5 Å². The second kappa shape index (κ2) is 8.14. The Labute approximate surface area is 163 Å². The number of benzene rings is 3. The molecule has 0 saturated heterocycles. The van der Waals surface area contributed by atoms with Crippen molar-refractivity contribution in [1.82, 2.24) is 0 Å². The number of methoxy groups -OCH3 is 1. The van der Waals surface area contributed by atoms with Gasteiger partial charge in [0.15, 0.2) is 0 Å². The predicted octanol–water partition coefficient (Wildman–Crippen LogP) is 4.37. The Morgan fingerprint density at radius 2 is 1.54 bits per heavy atom. The molecule has 0 aromatic heterocycles. The third-order valence-corrected chi connectivity index (χ3v) is 5.39. The van der Waals surface area contributed by atoms with Crippen molar-refractivity contribution in [3.63, 3.8) is 0 Å². The average molecular weight is 397 g/mol. The molecular weight excluding hydrogens is 378 g/mol. The monoisotopic (exact) mass is 397 g/mol. The predicted molar refractivity (Wildman–Crippen MR) is 106 cm³/mol. The summed E-state index contributed by atoms with van der Waals surface area (Å²) in [6.45, 7) is 1.71. The first kappa shape index (κ1) is 19.4. The number of carbonyl (C=O) groups is 1. The summed E-state index contributed by atoms with van der Waals surface area (Å²) in [7, 11) is -2.61. The van der Waals surface area contributed by atoms with E-state index in [-0.39, 0.29) is 10.5 Å². The van der Waals surface area contributed by atoms with E-state index in [1.165, 1.54) is 19.2 Å². The number of anilines is 1. The number of rotatable bonds is 6. The fourth-order valence-corrected chi connectivity index (χ4v) is 3.61. The molecule has 3 rings (SSSR count). The number of sulfonamides is 1. The van der Waals surface area contributed by atoms with Crippen LogP contribution in [0.1, 0.15) is 15.9 Å². The summed E-state index contributed by atoms with van der Waals surface area (Å²) >= 11 is 0. The van der Waals surface area contributed by atoms with Gasteiger partial charge in [0.2, 0.25) is 0 Å². The topological polar surface area (TPSA) is 81.7 Å². The molecule has 0 aliphatic heterocycles. The number of ether oxygens (including phenoxy) is 2. The maximum absolute atomic E-state index is 12.7. The summed E-state index contributed by atoms with van der Waals surface area (Å²) in [5, 5.41) is 0. The molecule has 0 fully saturated rings. The number of hydrogen-bond acceptors (Lipinski definition) is 5. The van der Waals surface area contributed by atoms with Crippen LogP contribution in [0.5, 0.6) is 11.5 Å². The van der Waals surface area contributed by atoms with Crippen LogP contribution in [0, 0.1) is 6.92 Å². The molecule has 0 spiro atoms. The van der Waals surface area contributed by atoms with Crippen LogP contribution in [-0.2, 0) is 14.8 Å². The van der Waals surface area contributed by atoms with Crippen LogP contribution in [0.15, 0.2) is 77.7 Å². The fraction of sp³-hybridized carbons (Fsp3) is 0.0952. The smallest absolute Gasteiger partial charge is 0.338 e. The lowest BCUT2D eigenvalue weighted by molar-refractivity contribution is 0.0599. The van der Waals surface area contributed by atoms with Gasteiger partial charge < -0.3 is 9.47 Å². The number of carbonyl (C=O) groups excluding carboxylic acids is 1. The summed E-state index contributed by atoms with van der Waals surface area (Å²) in [6.07, 6.45) is 0. The van der Waals surface area contributed by atoms with E-state index in [9.17, 15) is 13.2 Å². The second-order valence-corrected chi connectivity index (χ2v) is 7.70. The number of esters is 1. The standard InChI is InChI=1S/C21H19NO5S/c1-15-8-13-19(14-20(15)21(23)26-2)28(24,25)22-16-9-11-18(12-10-16)27-17-6-4-3-5-7-17/h3-14,22H,1-2H3. The SMILES string of the molecule is COC(=O)c1cc(S(=O)(=O)Nc2ccc(Oc3ccccc3)cc2)ccc1C. The van der Waals surface area contributed by atoms with E-state index >= 15 is 0 Å². The van der Waals surface area contributed by atoms with Crippen LogP contribution in [0.25, 0.3) is 0 Å². The zero-order valence-electron chi connectivity index (χ0n) is 15.4. The van der Waals surface area contributed by atoms with E-state index in [1.807, 2.05) is 30.3 Å². The van der Waals surface area contributed by atoms with E-state index in [4.69, 9.17) is 9.47 Å². The van der Waals surface area contributed by atoms with Gasteiger partial charge in [0.05, 0.1) is 17.6 Å². The zero-order valence-corrected chi connectivity index (χ0v) is 16.2. The minimum atomic E-state index is -3.86. The lowest BCUT2D eigenvalue weighted by Crippen LogP contribution is -2.14. The number of hydrogen-bond donors (Lipinski definition) is 1. The molecule has 0 amide bonds. The Morgan fingerprint density at radius 3 is 2.18 bits per heavy atom. The molecule has 0 saturated carbocycles. The van der Waals surface area contributed by atoms with Gasteiger partial charge in [0, 0.05) is 5.69 Å². The van der Waals surface area contributed by atoms with Crippen LogP contribution in [0.4, 0.5) is 5.69 Å². The molecule has 0 aliphatic carbocycles. The summed E-state index contributed by atoms with van der Waals surface area (Å²) in [5.41, 5.74) is 1.21. The Balaban J connectivity index is 1.78. The van der Waals surface area contributed by atoms with Gasteiger partial charge in [-0.2, -0.15) is 0 Å². The molecule has 0 aliphatic rings. The van der Waals surface area contributed by atoms with Gasteiger partial charge in [-0.05, 0) is 61.0 Å². The maximum atomic E-state index is 12.7.